The molecule has 22 heavy (non-hydrogen) atoms. The van der Waals surface area contributed by atoms with Gasteiger partial charge in [0.25, 0.3) is 0 Å². The molecule has 1 aliphatic carbocycles. The molecule has 1 aliphatic heterocycles. The molecule has 2 aliphatic rings. The molecule has 0 unspecified atom stereocenters. The van der Waals surface area contributed by atoms with Crippen LogP contribution in [0.5, 0.6) is 0 Å². The molecule has 5 nitrogen and oxygen atoms in total. The van der Waals surface area contributed by atoms with Gasteiger partial charge in [-0.05, 0) is 29.7 Å². The van der Waals surface area contributed by atoms with Crippen molar-refractivity contribution in [1.29, 1.82) is 0 Å². The fraction of sp³-hybridized carbons (Fsp3) is 0.765. The Morgan fingerprint density at radius 3 is 2.27 bits per heavy atom. The van der Waals surface area contributed by atoms with Gasteiger partial charge in [-0.15, -0.1) is 0 Å². The van der Waals surface area contributed by atoms with Gasteiger partial charge in [-0.25, -0.2) is 4.79 Å². The highest BCUT2D eigenvalue weighted by molar-refractivity contribution is 5.87. The summed E-state index contributed by atoms with van der Waals surface area (Å²) >= 11 is 0. The quantitative estimate of drug-likeness (QED) is 0.795. The lowest BCUT2D eigenvalue weighted by Gasteiger charge is -2.41. The minimum absolute atomic E-state index is 0.0534. The van der Waals surface area contributed by atoms with Gasteiger partial charge in [0.05, 0.1) is 0 Å². The maximum atomic E-state index is 12.3. The van der Waals surface area contributed by atoms with E-state index in [1.165, 1.54) is 19.3 Å². The Labute approximate surface area is 133 Å². The van der Waals surface area contributed by atoms with Crippen LogP contribution in [0.15, 0.2) is 12.2 Å². The van der Waals surface area contributed by atoms with Gasteiger partial charge in [-0.1, -0.05) is 39.7 Å². The summed E-state index contributed by atoms with van der Waals surface area (Å²) in [4.78, 5) is 26.8. The zero-order valence-electron chi connectivity index (χ0n) is 14.0. The normalized spacial score (nSPS) is 28.9. The van der Waals surface area contributed by atoms with Crippen molar-refractivity contribution in [3.8, 4) is 0 Å². The van der Waals surface area contributed by atoms with Crippen LogP contribution in [-0.2, 0) is 4.79 Å². The number of piperazine rings is 1. The molecule has 5 heteroatoms. The Morgan fingerprint density at radius 1 is 1.14 bits per heavy atom. The Morgan fingerprint density at radius 2 is 1.73 bits per heavy atom. The predicted molar refractivity (Wildman–Crippen MR) is 87.2 cm³/mol. The average molecular weight is 307 g/mol. The number of primary amides is 1. The summed E-state index contributed by atoms with van der Waals surface area (Å²) in [7, 11) is 0. The summed E-state index contributed by atoms with van der Waals surface area (Å²) in [6.45, 7) is 9.07. The zero-order valence-corrected chi connectivity index (χ0v) is 14.0. The molecule has 1 saturated heterocycles. The molecule has 2 atom stereocenters. The van der Waals surface area contributed by atoms with E-state index in [1.807, 2.05) is 0 Å². The predicted octanol–water partition coefficient (Wildman–Crippen LogP) is 2.23. The molecule has 2 N–H and O–H groups in total. The van der Waals surface area contributed by atoms with E-state index in [9.17, 15) is 9.59 Å². The molecule has 0 spiro atoms. The van der Waals surface area contributed by atoms with E-state index in [0.29, 0.717) is 38.0 Å². The summed E-state index contributed by atoms with van der Waals surface area (Å²) in [6, 6.07) is -0.402. The van der Waals surface area contributed by atoms with Gasteiger partial charge >= 0.3 is 6.03 Å². The van der Waals surface area contributed by atoms with Crippen molar-refractivity contribution < 1.29 is 9.59 Å². The number of hydrogen-bond donors (Lipinski definition) is 1. The zero-order chi connectivity index (χ0) is 16.3. The number of allylic oxidation sites excluding steroid dienone is 1. The highest BCUT2D eigenvalue weighted by Gasteiger charge is 2.35. The van der Waals surface area contributed by atoms with Crippen LogP contribution in [0.4, 0.5) is 4.79 Å². The van der Waals surface area contributed by atoms with Crippen LogP contribution in [0.3, 0.4) is 0 Å². The van der Waals surface area contributed by atoms with Crippen LogP contribution in [0.2, 0.25) is 0 Å². The molecular weight excluding hydrogens is 278 g/mol. The Bertz CT molecular complexity index is 451. The van der Waals surface area contributed by atoms with E-state index in [4.69, 9.17) is 5.73 Å². The van der Waals surface area contributed by atoms with Crippen LogP contribution in [0, 0.1) is 17.3 Å². The molecule has 2 fully saturated rings. The SMILES string of the molecule is C[C@@H]1CCCC(C)(C)[C@H]1C=CC(=O)N1CCN(C(N)=O)CC1. The number of carbonyl (C=O) groups is 2. The van der Waals surface area contributed by atoms with Gasteiger partial charge in [0.1, 0.15) is 0 Å². The van der Waals surface area contributed by atoms with Crippen molar-refractivity contribution in [1.82, 2.24) is 9.80 Å². The van der Waals surface area contributed by atoms with E-state index in [2.05, 4.69) is 26.8 Å². The Kier molecular flexibility index (Phi) is 5.14. The number of rotatable bonds is 2. The smallest absolute Gasteiger partial charge is 0.314 e. The third-order valence-corrected chi connectivity index (χ3v) is 5.35. The van der Waals surface area contributed by atoms with Gasteiger partial charge < -0.3 is 15.5 Å². The Balaban J connectivity index is 1.92. The van der Waals surface area contributed by atoms with Crippen molar-refractivity contribution in [2.45, 2.75) is 40.0 Å². The topological polar surface area (TPSA) is 66.6 Å². The number of amides is 3. The third kappa shape index (κ3) is 3.81. The second kappa shape index (κ2) is 6.71. The number of hydrogen-bond acceptors (Lipinski definition) is 2. The van der Waals surface area contributed by atoms with Crippen LogP contribution in [0.25, 0.3) is 0 Å². The van der Waals surface area contributed by atoms with Gasteiger partial charge in [-0.2, -0.15) is 0 Å². The summed E-state index contributed by atoms with van der Waals surface area (Å²) in [6.07, 6.45) is 7.60. The molecule has 124 valence electrons. The Hall–Kier alpha value is -1.52. The molecule has 3 amide bonds. The van der Waals surface area contributed by atoms with Gasteiger partial charge in [0.15, 0.2) is 0 Å². The van der Waals surface area contributed by atoms with E-state index >= 15 is 0 Å². The molecule has 0 bridgehead atoms. The van der Waals surface area contributed by atoms with E-state index in [0.717, 1.165) is 0 Å². The van der Waals surface area contributed by atoms with Crippen LogP contribution >= 0.6 is 0 Å². The van der Waals surface area contributed by atoms with Crippen molar-refractivity contribution in [3.05, 3.63) is 12.2 Å². The molecule has 0 aromatic heterocycles. The second-order valence-electron chi connectivity index (χ2n) is 7.39. The summed E-state index contributed by atoms with van der Waals surface area (Å²) in [5.74, 6) is 1.13. The lowest BCUT2D eigenvalue weighted by atomic mass is 9.64. The van der Waals surface area contributed by atoms with Crippen molar-refractivity contribution in [3.63, 3.8) is 0 Å². The molecular formula is C17H29N3O2. The van der Waals surface area contributed by atoms with Crippen molar-refractivity contribution in [2.75, 3.05) is 26.2 Å². The number of urea groups is 1. The minimum Gasteiger partial charge on any atom is -0.351 e. The largest absolute Gasteiger partial charge is 0.351 e. The maximum Gasteiger partial charge on any atom is 0.314 e. The molecule has 1 saturated carbocycles. The lowest BCUT2D eigenvalue weighted by Crippen LogP contribution is -2.51. The highest BCUT2D eigenvalue weighted by atomic mass is 16.2. The monoisotopic (exact) mass is 307 g/mol. The molecule has 0 aromatic rings. The summed E-state index contributed by atoms with van der Waals surface area (Å²) in [5, 5.41) is 0. The molecule has 1 heterocycles. The van der Waals surface area contributed by atoms with Crippen molar-refractivity contribution in [2.24, 2.45) is 23.0 Å². The molecule has 0 aromatic carbocycles. The second-order valence-corrected chi connectivity index (χ2v) is 7.39. The summed E-state index contributed by atoms with van der Waals surface area (Å²) in [5.41, 5.74) is 5.52. The van der Waals surface area contributed by atoms with Crippen LogP contribution in [-0.4, -0.2) is 47.9 Å². The van der Waals surface area contributed by atoms with Crippen LogP contribution in [0.1, 0.15) is 40.0 Å². The van der Waals surface area contributed by atoms with Crippen LogP contribution < -0.4 is 5.73 Å². The maximum absolute atomic E-state index is 12.3. The van der Waals surface area contributed by atoms with Gasteiger partial charge in [0, 0.05) is 26.2 Å². The lowest BCUT2D eigenvalue weighted by molar-refractivity contribution is -0.127. The summed E-state index contributed by atoms with van der Waals surface area (Å²) < 4.78 is 0. The first-order valence-corrected chi connectivity index (χ1v) is 8.33. The minimum atomic E-state index is -0.402. The fourth-order valence-electron chi connectivity index (χ4n) is 3.88. The van der Waals surface area contributed by atoms with Crippen molar-refractivity contribution >= 4 is 11.9 Å². The first kappa shape index (κ1) is 16.8. The number of nitrogens with zero attached hydrogens (tertiary/aromatic N) is 2. The van der Waals surface area contributed by atoms with E-state index in [-0.39, 0.29) is 11.3 Å². The molecule has 0 radical (unpaired) electrons. The average Bonchev–Trinajstić information content (AvgIpc) is 2.46. The first-order chi connectivity index (χ1) is 10.3. The number of carbonyl (C=O) groups excluding carboxylic acids is 2. The molecule has 2 rings (SSSR count). The first-order valence-electron chi connectivity index (χ1n) is 8.33. The van der Waals surface area contributed by atoms with Gasteiger partial charge in [0.2, 0.25) is 5.91 Å². The number of nitrogens with two attached hydrogens (primary N) is 1. The fourth-order valence-corrected chi connectivity index (χ4v) is 3.88. The highest BCUT2D eigenvalue weighted by Crippen LogP contribution is 2.44. The standard InChI is InChI=1S/C17H29N3O2/c1-13-5-4-8-17(2,3)14(13)6-7-15(21)19-9-11-20(12-10-19)16(18)22/h6-7,13-14H,4-5,8-12H2,1-3H3,(H2,18,22)/t13-,14+/m1/s1. The van der Waals surface area contributed by atoms with E-state index < -0.39 is 6.03 Å². The van der Waals surface area contributed by atoms with E-state index in [1.54, 1.807) is 15.9 Å². The van der Waals surface area contributed by atoms with Gasteiger partial charge in [-0.3, -0.25) is 4.79 Å². The third-order valence-electron chi connectivity index (χ3n) is 5.35.